The van der Waals surface area contributed by atoms with E-state index in [9.17, 15) is 9.59 Å². The van der Waals surface area contributed by atoms with Crippen LogP contribution in [-0.4, -0.2) is 40.4 Å². The predicted octanol–water partition coefficient (Wildman–Crippen LogP) is 1.40. The first-order chi connectivity index (χ1) is 14.3. The van der Waals surface area contributed by atoms with Crippen molar-refractivity contribution in [3.8, 4) is 11.3 Å². The first kappa shape index (κ1) is 23.3. The van der Waals surface area contributed by atoms with Crippen LogP contribution in [0, 0.1) is 5.92 Å². The molecule has 0 aliphatic carbocycles. The van der Waals surface area contributed by atoms with Gasteiger partial charge in [-0.2, -0.15) is 0 Å². The van der Waals surface area contributed by atoms with Gasteiger partial charge in [-0.25, -0.2) is 0 Å². The van der Waals surface area contributed by atoms with E-state index in [0.29, 0.717) is 12.1 Å². The molecule has 0 saturated heterocycles. The lowest BCUT2D eigenvalue weighted by Crippen LogP contribution is -2.41. The van der Waals surface area contributed by atoms with E-state index in [4.69, 9.17) is 14.7 Å². The Balaban J connectivity index is 1.86. The van der Waals surface area contributed by atoms with Crippen LogP contribution >= 0.6 is 0 Å². The largest absolute Gasteiger partial charge is 0.635 e. The number of carbonyl (C=O) groups excluding carboxylic acids is 2. The molecule has 2 amide bonds. The zero-order valence-corrected chi connectivity index (χ0v) is 17.0. The van der Waals surface area contributed by atoms with Gasteiger partial charge in [-0.05, 0) is 24.5 Å². The summed E-state index contributed by atoms with van der Waals surface area (Å²) in [4.78, 5) is 28.5. The smallest absolute Gasteiger partial charge is 0.402 e. The van der Waals surface area contributed by atoms with E-state index >= 15 is 0 Å². The summed E-state index contributed by atoms with van der Waals surface area (Å²) in [6, 6.07) is 15.3. The van der Waals surface area contributed by atoms with Crippen LogP contribution in [0.25, 0.3) is 11.3 Å². The summed E-state index contributed by atoms with van der Waals surface area (Å²) in [5.74, 6) is -0.887. The average Bonchev–Trinajstić information content (AvgIpc) is 2.70. The SMILES string of the molecule is CC(C)C[C@H](NC(=O)/C=C/C(=O)NCc1cccc(-c2ccccc2)n1)OB(O)O. The van der Waals surface area contributed by atoms with Gasteiger partial charge in [0.05, 0.1) is 17.9 Å². The minimum atomic E-state index is -2.00. The highest BCUT2D eigenvalue weighted by Crippen LogP contribution is 2.16. The highest BCUT2D eigenvalue weighted by Gasteiger charge is 2.20. The summed E-state index contributed by atoms with van der Waals surface area (Å²) in [6.07, 6.45) is 1.66. The summed E-state index contributed by atoms with van der Waals surface area (Å²) < 4.78 is 4.83. The molecule has 1 heterocycles. The maximum atomic E-state index is 12.0. The molecule has 0 saturated carbocycles. The minimum absolute atomic E-state index is 0.153. The zero-order valence-electron chi connectivity index (χ0n) is 17.0. The summed E-state index contributed by atoms with van der Waals surface area (Å²) >= 11 is 0. The van der Waals surface area contributed by atoms with Crippen LogP contribution in [0.1, 0.15) is 26.0 Å². The fraction of sp³-hybridized carbons (Fsp3) is 0.286. The van der Waals surface area contributed by atoms with Crippen molar-refractivity contribution in [2.75, 3.05) is 0 Å². The molecule has 0 fully saturated rings. The first-order valence-electron chi connectivity index (χ1n) is 9.63. The van der Waals surface area contributed by atoms with Crippen molar-refractivity contribution < 1.29 is 24.3 Å². The van der Waals surface area contributed by atoms with Gasteiger partial charge in [0, 0.05) is 17.7 Å². The molecule has 4 N–H and O–H groups in total. The number of hydrogen-bond donors (Lipinski definition) is 4. The number of amides is 2. The van der Waals surface area contributed by atoms with Crippen molar-refractivity contribution in [2.24, 2.45) is 5.92 Å². The Morgan fingerprint density at radius 1 is 1.07 bits per heavy atom. The fourth-order valence-electron chi connectivity index (χ4n) is 2.67. The Bertz CT molecular complexity index is 849. The number of benzene rings is 1. The third kappa shape index (κ3) is 8.56. The second kappa shape index (κ2) is 11.9. The predicted molar refractivity (Wildman–Crippen MR) is 113 cm³/mol. The second-order valence-corrected chi connectivity index (χ2v) is 7.02. The third-order valence-corrected chi connectivity index (χ3v) is 3.98. The van der Waals surface area contributed by atoms with Gasteiger partial charge >= 0.3 is 7.32 Å². The topological polar surface area (TPSA) is 121 Å². The van der Waals surface area contributed by atoms with Crippen LogP contribution in [0.4, 0.5) is 0 Å². The summed E-state index contributed by atoms with van der Waals surface area (Å²) in [6.45, 7) is 4.01. The lowest BCUT2D eigenvalue weighted by Gasteiger charge is -2.20. The second-order valence-electron chi connectivity index (χ2n) is 7.02. The van der Waals surface area contributed by atoms with Crippen molar-refractivity contribution in [3.05, 3.63) is 66.4 Å². The van der Waals surface area contributed by atoms with Gasteiger partial charge < -0.3 is 25.3 Å². The van der Waals surface area contributed by atoms with Gasteiger partial charge in [0.15, 0.2) is 0 Å². The molecule has 1 atom stereocenters. The molecule has 1 aromatic carbocycles. The summed E-state index contributed by atoms with van der Waals surface area (Å²) in [5.41, 5.74) is 2.47. The number of rotatable bonds is 10. The molecule has 0 bridgehead atoms. The van der Waals surface area contributed by atoms with E-state index in [2.05, 4.69) is 15.6 Å². The van der Waals surface area contributed by atoms with Crippen LogP contribution < -0.4 is 10.6 Å². The third-order valence-electron chi connectivity index (χ3n) is 3.98. The molecule has 9 heteroatoms. The molecule has 2 rings (SSSR count). The number of hydrogen-bond acceptors (Lipinski definition) is 6. The standard InChI is InChI=1S/C21H26BN3O5/c1-15(2)13-21(30-22(28)29)25-20(27)12-11-19(26)23-14-17-9-6-10-18(24-17)16-7-4-3-5-8-16/h3-12,15,21,28-29H,13-14H2,1-2H3,(H,23,26)(H,25,27)/b12-11+/t21-/m1/s1. The lowest BCUT2D eigenvalue weighted by molar-refractivity contribution is -0.120. The van der Waals surface area contributed by atoms with Gasteiger partial charge in [-0.1, -0.05) is 50.2 Å². The number of nitrogens with one attached hydrogen (secondary N) is 2. The van der Waals surface area contributed by atoms with Crippen LogP contribution in [0.2, 0.25) is 0 Å². The molecule has 1 aromatic heterocycles. The van der Waals surface area contributed by atoms with Crippen molar-refractivity contribution >= 4 is 19.1 Å². The summed E-state index contributed by atoms with van der Waals surface area (Å²) in [5, 5.41) is 23.0. The molecule has 158 valence electrons. The van der Waals surface area contributed by atoms with Crippen molar-refractivity contribution in [2.45, 2.75) is 33.0 Å². The molecular formula is C21H26BN3O5. The fourth-order valence-corrected chi connectivity index (χ4v) is 2.67. The van der Waals surface area contributed by atoms with Gasteiger partial charge in [0.2, 0.25) is 11.8 Å². The molecular weight excluding hydrogens is 385 g/mol. The maximum absolute atomic E-state index is 12.0. The molecule has 0 aliphatic heterocycles. The number of pyridine rings is 1. The van der Waals surface area contributed by atoms with E-state index in [0.717, 1.165) is 23.4 Å². The van der Waals surface area contributed by atoms with Gasteiger partial charge in [0.1, 0.15) is 6.23 Å². The number of nitrogens with zero attached hydrogens (tertiary/aromatic N) is 1. The summed E-state index contributed by atoms with van der Waals surface area (Å²) in [7, 11) is -2.00. The Morgan fingerprint density at radius 2 is 1.77 bits per heavy atom. The van der Waals surface area contributed by atoms with E-state index in [1.807, 2.05) is 56.3 Å². The quantitative estimate of drug-likeness (QED) is 0.267. The Hall–Kier alpha value is -3.01. The minimum Gasteiger partial charge on any atom is -0.402 e. The highest BCUT2D eigenvalue weighted by molar-refractivity contribution is 6.32. The van der Waals surface area contributed by atoms with E-state index < -0.39 is 25.4 Å². The monoisotopic (exact) mass is 411 g/mol. The van der Waals surface area contributed by atoms with Crippen LogP contribution in [0.5, 0.6) is 0 Å². The number of carbonyl (C=O) groups is 2. The van der Waals surface area contributed by atoms with Crippen LogP contribution in [-0.2, 0) is 20.8 Å². The van der Waals surface area contributed by atoms with E-state index in [1.165, 1.54) is 0 Å². The van der Waals surface area contributed by atoms with E-state index in [1.54, 1.807) is 6.07 Å². The van der Waals surface area contributed by atoms with E-state index in [-0.39, 0.29) is 12.5 Å². The molecule has 0 spiro atoms. The molecule has 8 nitrogen and oxygen atoms in total. The highest BCUT2D eigenvalue weighted by atomic mass is 16.6. The normalized spacial score (nSPS) is 12.0. The Morgan fingerprint density at radius 3 is 2.43 bits per heavy atom. The van der Waals surface area contributed by atoms with Crippen molar-refractivity contribution in [1.29, 1.82) is 0 Å². The Kier molecular flexibility index (Phi) is 9.21. The average molecular weight is 411 g/mol. The van der Waals surface area contributed by atoms with Crippen LogP contribution in [0.3, 0.4) is 0 Å². The molecule has 30 heavy (non-hydrogen) atoms. The maximum Gasteiger partial charge on any atom is 0.635 e. The lowest BCUT2D eigenvalue weighted by atomic mass is 10.1. The van der Waals surface area contributed by atoms with Gasteiger partial charge in [-0.15, -0.1) is 0 Å². The molecule has 0 unspecified atom stereocenters. The molecule has 2 aromatic rings. The van der Waals surface area contributed by atoms with Gasteiger partial charge in [-0.3, -0.25) is 14.6 Å². The van der Waals surface area contributed by atoms with Gasteiger partial charge in [0.25, 0.3) is 0 Å². The molecule has 0 radical (unpaired) electrons. The van der Waals surface area contributed by atoms with Crippen molar-refractivity contribution in [3.63, 3.8) is 0 Å². The van der Waals surface area contributed by atoms with Crippen LogP contribution in [0.15, 0.2) is 60.7 Å². The molecule has 0 aliphatic rings. The van der Waals surface area contributed by atoms with Crippen molar-refractivity contribution in [1.82, 2.24) is 15.6 Å². The zero-order chi connectivity index (χ0) is 21.9. The first-order valence-corrected chi connectivity index (χ1v) is 9.63. The Labute approximate surface area is 176 Å². The number of aromatic nitrogens is 1.